The second-order valence-electron chi connectivity index (χ2n) is 5.09. The van der Waals surface area contributed by atoms with E-state index in [1.54, 1.807) is 18.4 Å². The first-order valence-electron chi connectivity index (χ1n) is 7.28. The fourth-order valence-electron chi connectivity index (χ4n) is 2.88. The maximum Gasteiger partial charge on any atom is 0.150 e. The molecule has 0 bridgehead atoms. The van der Waals surface area contributed by atoms with Gasteiger partial charge in [0.15, 0.2) is 0 Å². The number of methoxy groups -OCH3 is 1. The molecule has 3 rings (SSSR count). The molecule has 0 aliphatic heterocycles. The van der Waals surface area contributed by atoms with Crippen LogP contribution in [0.2, 0.25) is 0 Å². The summed E-state index contributed by atoms with van der Waals surface area (Å²) in [6, 6.07) is 6.86. The van der Waals surface area contributed by atoms with Crippen molar-refractivity contribution in [1.82, 2.24) is 10.3 Å². The normalized spacial score (nSPS) is 21.0. The van der Waals surface area contributed by atoms with Gasteiger partial charge in [-0.1, -0.05) is 24.8 Å². The van der Waals surface area contributed by atoms with Crippen molar-refractivity contribution in [2.75, 3.05) is 13.7 Å². The highest BCUT2D eigenvalue weighted by Gasteiger charge is 2.30. The first-order chi connectivity index (χ1) is 10.3. The molecule has 0 radical (unpaired) electrons. The summed E-state index contributed by atoms with van der Waals surface area (Å²) in [5.74, 6) is 0.954. The summed E-state index contributed by atoms with van der Waals surface area (Å²) < 4.78 is 6.52. The Morgan fingerprint density at radius 1 is 1.48 bits per heavy atom. The second kappa shape index (κ2) is 6.81. The Morgan fingerprint density at radius 3 is 3.10 bits per heavy atom. The molecule has 0 saturated heterocycles. The van der Waals surface area contributed by atoms with Crippen LogP contribution in [0.1, 0.15) is 30.5 Å². The van der Waals surface area contributed by atoms with Gasteiger partial charge in [0.05, 0.1) is 7.11 Å². The lowest BCUT2D eigenvalue weighted by Gasteiger charge is -2.33. The highest BCUT2D eigenvalue weighted by Crippen LogP contribution is 2.41. The largest absolute Gasteiger partial charge is 0.497 e. The summed E-state index contributed by atoms with van der Waals surface area (Å²) in [4.78, 5) is 4.42. The first-order valence-corrected chi connectivity index (χ1v) is 9.04. The highest BCUT2D eigenvalue weighted by molar-refractivity contribution is 8.01. The molecular weight excluding hydrogens is 300 g/mol. The lowest BCUT2D eigenvalue weighted by atomic mass is 9.87. The van der Waals surface area contributed by atoms with Crippen molar-refractivity contribution in [3.05, 3.63) is 40.9 Å². The van der Waals surface area contributed by atoms with Gasteiger partial charge >= 0.3 is 0 Å². The number of aromatic nitrogens is 1. The topological polar surface area (TPSA) is 34.1 Å². The van der Waals surface area contributed by atoms with Crippen LogP contribution in [0.15, 0.2) is 34.1 Å². The molecule has 0 amide bonds. The summed E-state index contributed by atoms with van der Waals surface area (Å²) in [5.41, 5.74) is 2.83. The van der Waals surface area contributed by atoms with E-state index in [0.717, 1.165) is 18.7 Å². The van der Waals surface area contributed by atoms with Gasteiger partial charge in [0.2, 0.25) is 0 Å². The Morgan fingerprint density at radius 2 is 2.38 bits per heavy atom. The van der Waals surface area contributed by atoms with Crippen LogP contribution in [0, 0.1) is 0 Å². The second-order valence-corrected chi connectivity index (χ2v) is 7.47. The molecule has 1 heterocycles. The van der Waals surface area contributed by atoms with Crippen LogP contribution in [-0.2, 0) is 6.42 Å². The van der Waals surface area contributed by atoms with Crippen molar-refractivity contribution in [3.8, 4) is 5.75 Å². The van der Waals surface area contributed by atoms with Crippen LogP contribution in [0.25, 0.3) is 0 Å². The molecular formula is C16H20N2OS2. The van der Waals surface area contributed by atoms with E-state index in [9.17, 15) is 0 Å². The third kappa shape index (κ3) is 3.25. The molecule has 1 aliphatic carbocycles. The Hall–Kier alpha value is -1.04. The van der Waals surface area contributed by atoms with E-state index >= 15 is 0 Å². The van der Waals surface area contributed by atoms with Crippen LogP contribution >= 0.6 is 23.1 Å². The predicted molar refractivity (Wildman–Crippen MR) is 89.5 cm³/mol. The molecule has 1 aliphatic rings. The number of nitrogens with zero attached hydrogens (tertiary/aromatic N) is 1. The van der Waals surface area contributed by atoms with Crippen molar-refractivity contribution in [1.29, 1.82) is 0 Å². The van der Waals surface area contributed by atoms with Crippen molar-refractivity contribution in [3.63, 3.8) is 0 Å². The van der Waals surface area contributed by atoms with Crippen LogP contribution in [0.4, 0.5) is 0 Å². The molecule has 5 heteroatoms. The van der Waals surface area contributed by atoms with Crippen LogP contribution in [0.3, 0.4) is 0 Å². The highest BCUT2D eigenvalue weighted by atomic mass is 32.2. The monoisotopic (exact) mass is 320 g/mol. The standard InChI is InChI=1S/C16H20N2OS2/c1-3-17-15-13-6-5-12(19-2)10-11(13)4-7-14(15)21-16-18-8-9-20-16/h5-6,8-10,14-15,17H,3-4,7H2,1-2H3. The van der Waals surface area contributed by atoms with E-state index in [1.165, 1.54) is 21.9 Å². The number of hydrogen-bond acceptors (Lipinski definition) is 5. The van der Waals surface area contributed by atoms with E-state index in [4.69, 9.17) is 4.74 Å². The number of fused-ring (bicyclic) bond motifs is 1. The van der Waals surface area contributed by atoms with Gasteiger partial charge in [0, 0.05) is 22.9 Å². The molecule has 112 valence electrons. The maximum absolute atomic E-state index is 5.35. The Labute approximate surface area is 134 Å². The number of hydrogen-bond donors (Lipinski definition) is 1. The van der Waals surface area contributed by atoms with Crippen molar-refractivity contribution < 1.29 is 4.74 Å². The molecule has 2 atom stereocenters. The fraction of sp³-hybridized carbons (Fsp3) is 0.438. The molecule has 2 unspecified atom stereocenters. The third-order valence-electron chi connectivity index (χ3n) is 3.84. The number of rotatable bonds is 5. The Balaban J connectivity index is 1.86. The maximum atomic E-state index is 5.35. The lowest BCUT2D eigenvalue weighted by molar-refractivity contribution is 0.411. The summed E-state index contributed by atoms with van der Waals surface area (Å²) in [5, 5.41) is 6.24. The van der Waals surface area contributed by atoms with Crippen LogP contribution < -0.4 is 10.1 Å². The lowest BCUT2D eigenvalue weighted by Crippen LogP contribution is -2.34. The van der Waals surface area contributed by atoms with Gasteiger partial charge in [-0.05, 0) is 42.6 Å². The predicted octanol–water partition coefficient (Wildman–Crippen LogP) is 3.91. The van der Waals surface area contributed by atoms with E-state index in [-0.39, 0.29) is 0 Å². The Kier molecular flexibility index (Phi) is 4.83. The van der Waals surface area contributed by atoms with Gasteiger partial charge in [-0.3, -0.25) is 0 Å². The molecule has 21 heavy (non-hydrogen) atoms. The first kappa shape index (κ1) is 14.9. The molecule has 0 saturated carbocycles. The number of thiazole rings is 1. The van der Waals surface area contributed by atoms with Gasteiger partial charge in [-0.15, -0.1) is 11.3 Å². The van der Waals surface area contributed by atoms with Crippen molar-refractivity contribution >= 4 is 23.1 Å². The molecule has 3 nitrogen and oxygen atoms in total. The average Bonchev–Trinajstić information content (AvgIpc) is 3.02. The number of thioether (sulfide) groups is 1. The van der Waals surface area contributed by atoms with Gasteiger partial charge in [-0.2, -0.15) is 0 Å². The van der Waals surface area contributed by atoms with Crippen LogP contribution in [-0.4, -0.2) is 23.9 Å². The summed E-state index contributed by atoms with van der Waals surface area (Å²) in [6.07, 6.45) is 4.16. The minimum Gasteiger partial charge on any atom is -0.497 e. The zero-order chi connectivity index (χ0) is 14.7. The summed E-state index contributed by atoms with van der Waals surface area (Å²) >= 11 is 3.63. The van der Waals surface area contributed by atoms with Crippen molar-refractivity contribution in [2.24, 2.45) is 0 Å². The molecule has 1 aromatic heterocycles. The van der Waals surface area contributed by atoms with Crippen molar-refractivity contribution in [2.45, 2.75) is 35.4 Å². The third-order valence-corrected chi connectivity index (χ3v) is 6.10. The summed E-state index contributed by atoms with van der Waals surface area (Å²) in [6.45, 7) is 3.15. The average molecular weight is 320 g/mol. The summed E-state index contributed by atoms with van der Waals surface area (Å²) in [7, 11) is 1.73. The number of aryl methyl sites for hydroxylation is 1. The zero-order valence-electron chi connectivity index (χ0n) is 12.3. The number of ether oxygens (including phenoxy) is 1. The van der Waals surface area contributed by atoms with Gasteiger partial charge in [0.1, 0.15) is 10.1 Å². The molecule has 1 N–H and O–H groups in total. The fourth-order valence-corrected chi connectivity index (χ4v) is 4.99. The number of benzene rings is 1. The minimum absolute atomic E-state index is 0.388. The quantitative estimate of drug-likeness (QED) is 0.906. The minimum atomic E-state index is 0.388. The molecule has 1 aromatic carbocycles. The van der Waals surface area contributed by atoms with E-state index in [1.807, 2.05) is 23.3 Å². The van der Waals surface area contributed by atoms with Gasteiger partial charge < -0.3 is 10.1 Å². The van der Waals surface area contributed by atoms with E-state index in [2.05, 4.69) is 35.4 Å². The molecule has 0 fully saturated rings. The SMILES string of the molecule is CCNC1c2ccc(OC)cc2CCC1Sc1nccs1. The molecule has 2 aromatic rings. The zero-order valence-corrected chi connectivity index (χ0v) is 14.0. The van der Waals surface area contributed by atoms with Gasteiger partial charge in [0.25, 0.3) is 0 Å². The van der Waals surface area contributed by atoms with Gasteiger partial charge in [-0.25, -0.2) is 4.98 Å². The van der Waals surface area contributed by atoms with E-state index in [0.29, 0.717) is 11.3 Å². The molecule has 0 spiro atoms. The van der Waals surface area contributed by atoms with Crippen LogP contribution in [0.5, 0.6) is 5.75 Å². The smallest absolute Gasteiger partial charge is 0.150 e. The number of nitrogens with one attached hydrogen (secondary N) is 1. The Bertz CT molecular complexity index is 586. The van der Waals surface area contributed by atoms with E-state index < -0.39 is 0 Å².